The third-order valence-corrected chi connectivity index (χ3v) is 5.73. The third kappa shape index (κ3) is 2.90. The number of halogens is 1. The summed E-state index contributed by atoms with van der Waals surface area (Å²) in [7, 11) is 3.24. The second kappa shape index (κ2) is 6.78. The third-order valence-electron chi connectivity index (χ3n) is 5.39. The number of rotatable bonds is 4. The largest absolute Gasteiger partial charge is 0.497 e. The molecule has 1 aliphatic carbocycles. The van der Waals surface area contributed by atoms with Gasteiger partial charge in [0.1, 0.15) is 11.5 Å². The Balaban J connectivity index is 1.85. The number of fused-ring (bicyclic) bond motifs is 3. The number of methoxy groups -OCH3 is 2. The van der Waals surface area contributed by atoms with E-state index < -0.39 is 4.92 Å². The van der Waals surface area contributed by atoms with Crippen molar-refractivity contribution in [3.05, 3.63) is 68.7 Å². The van der Waals surface area contributed by atoms with Gasteiger partial charge in [0.05, 0.1) is 30.9 Å². The standard InChI is InChI=1S/C20H19ClN2O4/c1-26-12-9-15-13-4-3-5-14(13)19(22-20(15)18(10-12)27-2)16-8-11(23(24)25)6-7-17(16)21/h3-4,6-10,13-14,19,22H,5H2,1-2H3. The first-order chi connectivity index (χ1) is 13.0. The highest BCUT2D eigenvalue weighted by Crippen LogP contribution is 2.54. The van der Waals surface area contributed by atoms with Crippen LogP contribution in [0.1, 0.15) is 29.5 Å². The molecule has 2 aromatic rings. The maximum Gasteiger partial charge on any atom is 0.269 e. The highest BCUT2D eigenvalue weighted by molar-refractivity contribution is 6.31. The van der Waals surface area contributed by atoms with Crippen LogP contribution in [0.25, 0.3) is 0 Å². The fraction of sp³-hybridized carbons (Fsp3) is 0.300. The van der Waals surface area contributed by atoms with Crippen LogP contribution in [-0.4, -0.2) is 19.1 Å². The highest BCUT2D eigenvalue weighted by atomic mass is 35.5. The molecule has 1 aliphatic heterocycles. The lowest BCUT2D eigenvalue weighted by atomic mass is 9.76. The Morgan fingerprint density at radius 1 is 1.19 bits per heavy atom. The van der Waals surface area contributed by atoms with Crippen LogP contribution in [-0.2, 0) is 0 Å². The Morgan fingerprint density at radius 3 is 2.70 bits per heavy atom. The van der Waals surface area contributed by atoms with Crippen molar-refractivity contribution >= 4 is 23.0 Å². The van der Waals surface area contributed by atoms with Crippen LogP contribution in [0.2, 0.25) is 5.02 Å². The van der Waals surface area contributed by atoms with Gasteiger partial charge in [-0.3, -0.25) is 10.1 Å². The number of nitrogens with zero attached hydrogens (tertiary/aromatic N) is 1. The first-order valence-electron chi connectivity index (χ1n) is 8.66. The number of nitrogens with one attached hydrogen (secondary N) is 1. The maximum atomic E-state index is 11.2. The molecular weight excluding hydrogens is 368 g/mol. The van der Waals surface area contributed by atoms with Crippen molar-refractivity contribution in [2.75, 3.05) is 19.5 Å². The van der Waals surface area contributed by atoms with Crippen LogP contribution in [0, 0.1) is 16.0 Å². The van der Waals surface area contributed by atoms with Gasteiger partial charge in [0.25, 0.3) is 5.69 Å². The highest BCUT2D eigenvalue weighted by Gasteiger charge is 2.40. The van der Waals surface area contributed by atoms with E-state index in [0.717, 1.165) is 29.0 Å². The van der Waals surface area contributed by atoms with Crippen molar-refractivity contribution in [1.82, 2.24) is 0 Å². The van der Waals surface area contributed by atoms with Gasteiger partial charge < -0.3 is 14.8 Å². The summed E-state index contributed by atoms with van der Waals surface area (Å²) in [4.78, 5) is 10.8. The lowest BCUT2D eigenvalue weighted by molar-refractivity contribution is -0.384. The lowest BCUT2D eigenvalue weighted by Gasteiger charge is -2.38. The number of nitro groups is 1. The molecule has 2 aromatic carbocycles. The number of non-ortho nitro benzene ring substituents is 1. The van der Waals surface area contributed by atoms with Crippen LogP contribution in [0.5, 0.6) is 11.5 Å². The van der Waals surface area contributed by atoms with E-state index in [1.807, 2.05) is 12.1 Å². The van der Waals surface area contributed by atoms with Gasteiger partial charge in [0.2, 0.25) is 0 Å². The molecule has 2 aliphatic rings. The molecular formula is C20H19ClN2O4. The Hall–Kier alpha value is -2.73. The Bertz CT molecular complexity index is 944. The second-order valence-electron chi connectivity index (χ2n) is 6.73. The summed E-state index contributed by atoms with van der Waals surface area (Å²) in [6, 6.07) is 8.27. The van der Waals surface area contributed by atoms with E-state index in [1.165, 1.54) is 6.07 Å². The molecule has 4 rings (SSSR count). The minimum Gasteiger partial charge on any atom is -0.497 e. The summed E-state index contributed by atoms with van der Waals surface area (Å²) < 4.78 is 11.0. The van der Waals surface area contributed by atoms with Gasteiger partial charge in [0.15, 0.2) is 0 Å². The predicted molar refractivity (Wildman–Crippen MR) is 104 cm³/mol. The Kier molecular flexibility index (Phi) is 4.44. The number of hydrogen-bond acceptors (Lipinski definition) is 5. The fourth-order valence-electron chi connectivity index (χ4n) is 4.11. The molecule has 0 bridgehead atoms. The van der Waals surface area contributed by atoms with Crippen molar-refractivity contribution < 1.29 is 14.4 Å². The SMILES string of the molecule is COc1cc(OC)c2c(c1)C1C=CCC1C(c1cc([N+](=O)[O-])ccc1Cl)N2. The smallest absolute Gasteiger partial charge is 0.269 e. The molecule has 0 spiro atoms. The number of benzene rings is 2. The van der Waals surface area contributed by atoms with Crippen LogP contribution < -0.4 is 14.8 Å². The molecule has 0 aromatic heterocycles. The Morgan fingerprint density at radius 2 is 2.00 bits per heavy atom. The van der Waals surface area contributed by atoms with Crippen molar-refractivity contribution in [1.29, 1.82) is 0 Å². The van der Waals surface area contributed by atoms with Gasteiger partial charge in [0, 0.05) is 34.7 Å². The number of ether oxygens (including phenoxy) is 2. The summed E-state index contributed by atoms with van der Waals surface area (Å²) in [5, 5.41) is 15.3. The van der Waals surface area contributed by atoms with Crippen molar-refractivity contribution in [2.45, 2.75) is 18.4 Å². The van der Waals surface area contributed by atoms with E-state index in [2.05, 4.69) is 17.5 Å². The van der Waals surface area contributed by atoms with E-state index in [9.17, 15) is 10.1 Å². The fourth-order valence-corrected chi connectivity index (χ4v) is 4.35. The van der Waals surface area contributed by atoms with Gasteiger partial charge in [-0.15, -0.1) is 0 Å². The summed E-state index contributed by atoms with van der Waals surface area (Å²) >= 11 is 6.44. The molecule has 6 nitrogen and oxygen atoms in total. The maximum absolute atomic E-state index is 11.2. The molecule has 1 heterocycles. The van der Waals surface area contributed by atoms with Gasteiger partial charge in [-0.2, -0.15) is 0 Å². The first-order valence-corrected chi connectivity index (χ1v) is 9.04. The number of anilines is 1. The van der Waals surface area contributed by atoms with Crippen molar-refractivity contribution in [2.24, 2.45) is 5.92 Å². The topological polar surface area (TPSA) is 73.6 Å². The van der Waals surface area contributed by atoms with E-state index in [1.54, 1.807) is 26.4 Å². The molecule has 1 N–H and O–H groups in total. The summed E-state index contributed by atoms with van der Waals surface area (Å²) in [6.07, 6.45) is 5.19. The minimum absolute atomic E-state index is 0.0335. The molecule has 3 atom stereocenters. The van der Waals surface area contributed by atoms with Crippen molar-refractivity contribution in [3.8, 4) is 11.5 Å². The zero-order chi connectivity index (χ0) is 19.1. The van der Waals surface area contributed by atoms with Gasteiger partial charge >= 0.3 is 0 Å². The molecule has 0 amide bonds. The second-order valence-corrected chi connectivity index (χ2v) is 7.14. The molecule has 27 heavy (non-hydrogen) atoms. The predicted octanol–water partition coefficient (Wildman–Crippen LogP) is 5.09. The van der Waals surface area contributed by atoms with E-state index >= 15 is 0 Å². The monoisotopic (exact) mass is 386 g/mol. The van der Waals surface area contributed by atoms with Crippen LogP contribution >= 0.6 is 11.6 Å². The lowest BCUT2D eigenvalue weighted by Crippen LogP contribution is -2.29. The average molecular weight is 387 g/mol. The quantitative estimate of drug-likeness (QED) is 0.450. The molecule has 0 saturated carbocycles. The molecule has 140 valence electrons. The number of nitro benzene ring substituents is 1. The van der Waals surface area contributed by atoms with Crippen molar-refractivity contribution in [3.63, 3.8) is 0 Å². The van der Waals surface area contributed by atoms with Crippen LogP contribution in [0.4, 0.5) is 11.4 Å². The molecule has 0 radical (unpaired) electrons. The number of hydrogen-bond donors (Lipinski definition) is 1. The summed E-state index contributed by atoms with van der Waals surface area (Å²) in [6.45, 7) is 0. The molecule has 7 heteroatoms. The van der Waals surface area contributed by atoms with Gasteiger partial charge in [-0.1, -0.05) is 23.8 Å². The summed E-state index contributed by atoms with van der Waals surface area (Å²) in [5.74, 6) is 1.77. The van der Waals surface area contributed by atoms with E-state index in [0.29, 0.717) is 10.8 Å². The zero-order valence-electron chi connectivity index (χ0n) is 14.9. The molecule has 0 fully saturated rings. The first kappa shape index (κ1) is 17.7. The zero-order valence-corrected chi connectivity index (χ0v) is 15.7. The van der Waals surface area contributed by atoms with E-state index in [4.69, 9.17) is 21.1 Å². The van der Waals surface area contributed by atoms with Crippen LogP contribution in [0.3, 0.4) is 0 Å². The number of allylic oxidation sites excluding steroid dienone is 2. The molecule has 0 saturated heterocycles. The minimum atomic E-state index is -0.396. The van der Waals surface area contributed by atoms with Gasteiger partial charge in [-0.25, -0.2) is 0 Å². The van der Waals surface area contributed by atoms with E-state index in [-0.39, 0.29) is 23.6 Å². The normalized spacial score (nSPS) is 22.6. The summed E-state index contributed by atoms with van der Waals surface area (Å²) in [5.41, 5.74) is 2.74. The van der Waals surface area contributed by atoms with Crippen LogP contribution in [0.15, 0.2) is 42.5 Å². The molecule has 3 unspecified atom stereocenters. The average Bonchev–Trinajstić information content (AvgIpc) is 3.17. The van der Waals surface area contributed by atoms with Gasteiger partial charge in [-0.05, 0) is 30.0 Å². The Labute approximate surface area is 161 Å².